The first-order valence-corrected chi connectivity index (χ1v) is 7.47. The van der Waals surface area contributed by atoms with Gasteiger partial charge in [-0.25, -0.2) is 4.98 Å². The van der Waals surface area contributed by atoms with E-state index >= 15 is 0 Å². The maximum absolute atomic E-state index is 12.5. The molecule has 3 nitrogen and oxygen atoms in total. The van der Waals surface area contributed by atoms with Crippen LogP contribution in [0.2, 0.25) is 5.15 Å². The molecule has 1 amide bonds. The number of halogens is 1. The van der Waals surface area contributed by atoms with Gasteiger partial charge in [0.2, 0.25) is 0 Å². The molecule has 0 N–H and O–H groups in total. The Labute approximate surface area is 120 Å². The van der Waals surface area contributed by atoms with Gasteiger partial charge in [-0.1, -0.05) is 31.9 Å². The Hall–Kier alpha value is -1.09. The van der Waals surface area contributed by atoms with E-state index in [1.165, 1.54) is 12.8 Å². The van der Waals surface area contributed by atoms with E-state index in [0.717, 1.165) is 31.6 Å². The van der Waals surface area contributed by atoms with Crippen molar-refractivity contribution < 1.29 is 4.79 Å². The van der Waals surface area contributed by atoms with Crippen molar-refractivity contribution in [3.8, 4) is 0 Å². The summed E-state index contributed by atoms with van der Waals surface area (Å²) in [6.07, 6.45) is 4.31. The second-order valence-electron chi connectivity index (χ2n) is 5.22. The number of pyridine rings is 1. The molecule has 1 aromatic rings. The van der Waals surface area contributed by atoms with Gasteiger partial charge < -0.3 is 4.90 Å². The molecule has 1 aliphatic heterocycles. The summed E-state index contributed by atoms with van der Waals surface area (Å²) in [6.45, 7) is 5.96. The summed E-state index contributed by atoms with van der Waals surface area (Å²) in [4.78, 5) is 18.6. The Morgan fingerprint density at radius 2 is 2.26 bits per heavy atom. The molecule has 0 aromatic carbocycles. The van der Waals surface area contributed by atoms with Gasteiger partial charge in [0.15, 0.2) is 0 Å². The molecule has 19 heavy (non-hydrogen) atoms. The monoisotopic (exact) mass is 280 g/mol. The summed E-state index contributed by atoms with van der Waals surface area (Å²) in [7, 11) is 0. The van der Waals surface area contributed by atoms with Crippen LogP contribution in [0.4, 0.5) is 0 Å². The lowest BCUT2D eigenvalue weighted by Gasteiger charge is -2.17. The third-order valence-corrected chi connectivity index (χ3v) is 3.92. The van der Waals surface area contributed by atoms with Gasteiger partial charge in [-0.3, -0.25) is 4.79 Å². The Morgan fingerprint density at radius 1 is 1.47 bits per heavy atom. The largest absolute Gasteiger partial charge is 0.338 e. The maximum Gasteiger partial charge on any atom is 0.254 e. The first-order valence-electron chi connectivity index (χ1n) is 7.09. The lowest BCUT2D eigenvalue weighted by molar-refractivity contribution is 0.0786. The van der Waals surface area contributed by atoms with Crippen LogP contribution in [-0.2, 0) is 6.42 Å². The fraction of sp³-hybridized carbons (Fsp3) is 0.600. The first-order chi connectivity index (χ1) is 9.13. The van der Waals surface area contributed by atoms with E-state index in [-0.39, 0.29) is 5.91 Å². The van der Waals surface area contributed by atoms with Gasteiger partial charge in [-0.15, -0.1) is 0 Å². The van der Waals surface area contributed by atoms with Gasteiger partial charge in [0, 0.05) is 24.3 Å². The van der Waals surface area contributed by atoms with Crippen molar-refractivity contribution in [3.05, 3.63) is 28.5 Å². The predicted molar refractivity (Wildman–Crippen MR) is 77.5 cm³/mol. The van der Waals surface area contributed by atoms with Crippen LogP contribution in [0.25, 0.3) is 0 Å². The molecule has 1 fully saturated rings. The van der Waals surface area contributed by atoms with E-state index in [1.54, 1.807) is 6.07 Å². The molecule has 0 bridgehead atoms. The van der Waals surface area contributed by atoms with Gasteiger partial charge in [0.25, 0.3) is 5.91 Å². The number of rotatable bonds is 4. The van der Waals surface area contributed by atoms with Gasteiger partial charge in [-0.05, 0) is 37.3 Å². The third kappa shape index (κ3) is 3.47. The molecule has 4 heteroatoms. The maximum atomic E-state index is 12.5. The van der Waals surface area contributed by atoms with Crippen molar-refractivity contribution in [1.29, 1.82) is 0 Å². The van der Waals surface area contributed by atoms with Gasteiger partial charge in [0.05, 0.1) is 0 Å². The minimum atomic E-state index is 0.0950. The number of carbonyl (C=O) groups excluding carboxylic acids is 1. The fourth-order valence-corrected chi connectivity index (χ4v) is 2.93. The number of carbonyl (C=O) groups is 1. The number of aromatic nitrogens is 1. The van der Waals surface area contributed by atoms with Crippen LogP contribution in [0, 0.1) is 5.92 Å². The molecule has 0 radical (unpaired) electrons. The average molecular weight is 281 g/mol. The minimum Gasteiger partial charge on any atom is -0.338 e. The first kappa shape index (κ1) is 14.3. The van der Waals surface area contributed by atoms with Crippen molar-refractivity contribution in [2.24, 2.45) is 5.92 Å². The highest BCUT2D eigenvalue weighted by atomic mass is 35.5. The van der Waals surface area contributed by atoms with Crippen LogP contribution < -0.4 is 0 Å². The predicted octanol–water partition coefficient (Wildman–Crippen LogP) is 3.56. The van der Waals surface area contributed by atoms with E-state index in [9.17, 15) is 4.79 Å². The highest BCUT2D eigenvalue weighted by Crippen LogP contribution is 2.23. The van der Waals surface area contributed by atoms with Crippen LogP contribution in [0.15, 0.2) is 12.1 Å². The SMILES string of the molecule is CCCC1CCN(C(=O)c2cc(Cl)nc(CC)c2)C1. The van der Waals surface area contributed by atoms with Gasteiger partial charge >= 0.3 is 0 Å². The summed E-state index contributed by atoms with van der Waals surface area (Å²) in [6, 6.07) is 3.54. The summed E-state index contributed by atoms with van der Waals surface area (Å²) in [5.41, 5.74) is 1.55. The molecule has 1 atom stereocenters. The Balaban J connectivity index is 2.10. The molecule has 0 spiro atoms. The molecule has 2 heterocycles. The van der Waals surface area contributed by atoms with E-state index in [2.05, 4.69) is 11.9 Å². The second kappa shape index (κ2) is 6.38. The van der Waals surface area contributed by atoms with Crippen LogP contribution >= 0.6 is 11.6 Å². The van der Waals surface area contributed by atoms with Crippen molar-refractivity contribution in [2.75, 3.05) is 13.1 Å². The number of amides is 1. The zero-order valence-electron chi connectivity index (χ0n) is 11.7. The fourth-order valence-electron chi connectivity index (χ4n) is 2.70. The lowest BCUT2D eigenvalue weighted by atomic mass is 10.0. The molecule has 2 rings (SSSR count). The summed E-state index contributed by atoms with van der Waals surface area (Å²) >= 11 is 5.98. The summed E-state index contributed by atoms with van der Waals surface area (Å²) in [5.74, 6) is 0.759. The topological polar surface area (TPSA) is 33.2 Å². The molecule has 0 saturated carbocycles. The Kier molecular flexibility index (Phi) is 4.81. The standard InChI is InChI=1S/C15H21ClN2O/c1-3-5-11-6-7-18(10-11)15(19)12-8-13(4-2)17-14(16)9-12/h8-9,11H,3-7,10H2,1-2H3. The van der Waals surface area contributed by atoms with Crippen molar-refractivity contribution in [3.63, 3.8) is 0 Å². The highest BCUT2D eigenvalue weighted by Gasteiger charge is 2.26. The lowest BCUT2D eigenvalue weighted by Crippen LogP contribution is -2.28. The molecular formula is C15H21ClN2O. The summed E-state index contributed by atoms with van der Waals surface area (Å²) in [5, 5.41) is 0.409. The average Bonchev–Trinajstić information content (AvgIpc) is 2.86. The number of likely N-dealkylation sites (tertiary alicyclic amines) is 1. The summed E-state index contributed by atoms with van der Waals surface area (Å²) < 4.78 is 0. The van der Waals surface area contributed by atoms with Crippen molar-refractivity contribution >= 4 is 17.5 Å². The van der Waals surface area contributed by atoms with E-state index < -0.39 is 0 Å². The van der Waals surface area contributed by atoms with Crippen LogP contribution in [-0.4, -0.2) is 28.9 Å². The number of hydrogen-bond acceptors (Lipinski definition) is 2. The van der Waals surface area contributed by atoms with Crippen molar-refractivity contribution in [1.82, 2.24) is 9.88 Å². The number of nitrogens with zero attached hydrogens (tertiary/aromatic N) is 2. The van der Waals surface area contributed by atoms with Crippen molar-refractivity contribution in [2.45, 2.75) is 39.5 Å². The zero-order valence-corrected chi connectivity index (χ0v) is 12.4. The zero-order chi connectivity index (χ0) is 13.8. The van der Waals surface area contributed by atoms with Gasteiger partial charge in [-0.2, -0.15) is 0 Å². The normalized spacial score (nSPS) is 18.9. The minimum absolute atomic E-state index is 0.0950. The Morgan fingerprint density at radius 3 is 2.95 bits per heavy atom. The highest BCUT2D eigenvalue weighted by molar-refractivity contribution is 6.29. The molecular weight excluding hydrogens is 260 g/mol. The van der Waals surface area contributed by atoms with E-state index in [0.29, 0.717) is 16.6 Å². The quantitative estimate of drug-likeness (QED) is 0.790. The molecule has 1 unspecified atom stereocenters. The van der Waals surface area contributed by atoms with Crippen LogP contribution in [0.1, 0.15) is 49.2 Å². The number of aryl methyl sites for hydroxylation is 1. The molecule has 1 aromatic heterocycles. The third-order valence-electron chi connectivity index (χ3n) is 3.73. The van der Waals surface area contributed by atoms with Crippen LogP contribution in [0.3, 0.4) is 0 Å². The second-order valence-corrected chi connectivity index (χ2v) is 5.61. The molecule has 0 aliphatic carbocycles. The Bertz CT molecular complexity index is 461. The smallest absolute Gasteiger partial charge is 0.254 e. The van der Waals surface area contributed by atoms with Crippen LogP contribution in [0.5, 0.6) is 0 Å². The van der Waals surface area contributed by atoms with Gasteiger partial charge in [0.1, 0.15) is 5.15 Å². The van der Waals surface area contributed by atoms with E-state index in [1.807, 2.05) is 17.9 Å². The van der Waals surface area contributed by atoms with E-state index in [4.69, 9.17) is 11.6 Å². The molecule has 1 saturated heterocycles. The number of hydrogen-bond donors (Lipinski definition) is 0. The molecule has 104 valence electrons. The molecule has 1 aliphatic rings.